The summed E-state index contributed by atoms with van der Waals surface area (Å²) in [5, 5.41) is 6.47. The molecule has 2 aromatic rings. The van der Waals surface area contributed by atoms with E-state index in [0.717, 1.165) is 13.1 Å². The molecule has 1 unspecified atom stereocenters. The summed E-state index contributed by atoms with van der Waals surface area (Å²) >= 11 is 1.35. The fraction of sp³-hybridized carbons (Fsp3) is 0.476. The van der Waals surface area contributed by atoms with Crippen molar-refractivity contribution in [2.75, 3.05) is 25.1 Å². The number of thiazole rings is 1. The van der Waals surface area contributed by atoms with Gasteiger partial charge in [-0.15, -0.1) is 11.3 Å². The lowest BCUT2D eigenvalue weighted by Crippen LogP contribution is -2.33. The molecule has 0 radical (unpaired) electrons. The lowest BCUT2D eigenvalue weighted by Gasteiger charge is -2.30. The molecule has 1 saturated heterocycles. The van der Waals surface area contributed by atoms with E-state index >= 15 is 0 Å². The topological polar surface area (TPSA) is 66.8 Å². The molecule has 0 amide bonds. The number of likely N-dealkylation sites (tertiary alicyclic amines) is 1. The van der Waals surface area contributed by atoms with Crippen LogP contribution in [-0.4, -0.2) is 41.8 Å². The quantitative estimate of drug-likeness (QED) is 0.398. The van der Waals surface area contributed by atoms with Gasteiger partial charge in [0.25, 0.3) is 0 Å². The van der Waals surface area contributed by atoms with Crippen molar-refractivity contribution in [2.45, 2.75) is 39.7 Å². The van der Waals surface area contributed by atoms with Crippen molar-refractivity contribution >= 4 is 28.7 Å². The number of benzene rings is 1. The second-order valence-electron chi connectivity index (χ2n) is 7.33. The van der Waals surface area contributed by atoms with Crippen LogP contribution in [0.25, 0.3) is 0 Å². The lowest BCUT2D eigenvalue weighted by molar-refractivity contribution is -0.142. The van der Waals surface area contributed by atoms with Crippen molar-refractivity contribution in [3.63, 3.8) is 0 Å². The minimum atomic E-state index is -0.303. The Morgan fingerprint density at radius 3 is 3.14 bits per heavy atom. The van der Waals surface area contributed by atoms with Gasteiger partial charge in [0.05, 0.1) is 24.9 Å². The first-order valence-corrected chi connectivity index (χ1v) is 10.8. The molecule has 0 spiro atoms. The molecule has 1 aromatic heterocycles. The number of carbonyl (C=O) groups excluding carboxylic acids is 1. The minimum absolute atomic E-state index is 0.137. The van der Waals surface area contributed by atoms with E-state index in [4.69, 9.17) is 4.74 Å². The maximum Gasteiger partial charge on any atom is 0.311 e. The molecule has 29 heavy (non-hydrogen) atoms. The Morgan fingerprint density at radius 1 is 1.52 bits per heavy atom. The SMILES string of the molecule is CCOC(=O)Cc1csc(NN=Cc2ccc(CN3CCCC(C)C3)c(F)c2)n1. The fourth-order valence-electron chi connectivity index (χ4n) is 3.40. The summed E-state index contributed by atoms with van der Waals surface area (Å²) in [6.45, 7) is 7.07. The van der Waals surface area contributed by atoms with Crippen molar-refractivity contribution in [3.8, 4) is 0 Å². The van der Waals surface area contributed by atoms with Crippen LogP contribution in [-0.2, 0) is 22.5 Å². The van der Waals surface area contributed by atoms with Crippen molar-refractivity contribution in [2.24, 2.45) is 11.0 Å². The second kappa shape index (κ2) is 10.5. The molecule has 2 heterocycles. The van der Waals surface area contributed by atoms with E-state index in [2.05, 4.69) is 27.3 Å². The molecule has 1 aliphatic heterocycles. The van der Waals surface area contributed by atoms with Gasteiger partial charge in [0.2, 0.25) is 5.13 Å². The number of ether oxygens (including phenoxy) is 1. The summed E-state index contributed by atoms with van der Waals surface area (Å²) in [5.74, 6) is 0.161. The van der Waals surface area contributed by atoms with Gasteiger partial charge in [-0.2, -0.15) is 5.10 Å². The van der Waals surface area contributed by atoms with Gasteiger partial charge < -0.3 is 4.74 Å². The average Bonchev–Trinajstić information content (AvgIpc) is 3.11. The highest BCUT2D eigenvalue weighted by Gasteiger charge is 2.17. The number of hydrogen-bond acceptors (Lipinski definition) is 7. The first-order chi connectivity index (χ1) is 14.0. The highest BCUT2D eigenvalue weighted by Crippen LogP contribution is 2.20. The molecular formula is C21H27FN4O2S. The van der Waals surface area contributed by atoms with Gasteiger partial charge in [-0.1, -0.05) is 19.1 Å². The third kappa shape index (κ3) is 6.61. The monoisotopic (exact) mass is 418 g/mol. The Kier molecular flexibility index (Phi) is 7.71. The van der Waals surface area contributed by atoms with E-state index in [1.807, 2.05) is 12.1 Å². The summed E-state index contributed by atoms with van der Waals surface area (Å²) in [4.78, 5) is 18.1. The first-order valence-electron chi connectivity index (χ1n) is 9.93. The van der Waals surface area contributed by atoms with Crippen LogP contribution in [0.4, 0.5) is 9.52 Å². The van der Waals surface area contributed by atoms with Crippen LogP contribution in [0.5, 0.6) is 0 Å². The number of rotatable bonds is 8. The normalized spacial score (nSPS) is 17.6. The lowest BCUT2D eigenvalue weighted by atomic mass is 9.99. The summed E-state index contributed by atoms with van der Waals surface area (Å²) in [5.41, 5.74) is 4.84. The molecule has 1 aromatic carbocycles. The summed E-state index contributed by atoms with van der Waals surface area (Å²) in [7, 11) is 0. The molecule has 8 heteroatoms. The molecular weight excluding hydrogens is 391 g/mol. The molecule has 6 nitrogen and oxygen atoms in total. The van der Waals surface area contributed by atoms with E-state index in [1.165, 1.54) is 30.2 Å². The molecule has 1 N–H and O–H groups in total. The molecule has 1 fully saturated rings. The zero-order valence-electron chi connectivity index (χ0n) is 16.9. The number of hydrazone groups is 1. The number of anilines is 1. The van der Waals surface area contributed by atoms with Crippen LogP contribution in [0.1, 0.15) is 43.5 Å². The van der Waals surface area contributed by atoms with Gasteiger partial charge in [-0.05, 0) is 43.9 Å². The second-order valence-corrected chi connectivity index (χ2v) is 8.19. The summed E-state index contributed by atoms with van der Waals surface area (Å²) in [6, 6.07) is 5.20. The van der Waals surface area contributed by atoms with Crippen molar-refractivity contribution in [1.82, 2.24) is 9.88 Å². The van der Waals surface area contributed by atoms with Crippen LogP contribution < -0.4 is 5.43 Å². The Labute approximate surface area is 174 Å². The maximum atomic E-state index is 14.5. The Morgan fingerprint density at radius 2 is 2.38 bits per heavy atom. The Balaban J connectivity index is 1.52. The number of hydrogen-bond donors (Lipinski definition) is 1. The van der Waals surface area contributed by atoms with Gasteiger partial charge in [0.15, 0.2) is 0 Å². The van der Waals surface area contributed by atoms with Gasteiger partial charge in [-0.25, -0.2) is 9.37 Å². The smallest absolute Gasteiger partial charge is 0.311 e. The van der Waals surface area contributed by atoms with Crippen LogP contribution in [0.2, 0.25) is 0 Å². The highest BCUT2D eigenvalue weighted by molar-refractivity contribution is 7.13. The molecule has 0 bridgehead atoms. The highest BCUT2D eigenvalue weighted by atomic mass is 32.1. The Bertz CT molecular complexity index is 855. The number of nitrogens with one attached hydrogen (secondary N) is 1. The third-order valence-electron chi connectivity index (χ3n) is 4.77. The average molecular weight is 419 g/mol. The van der Waals surface area contributed by atoms with E-state index in [1.54, 1.807) is 18.5 Å². The maximum absolute atomic E-state index is 14.5. The van der Waals surface area contributed by atoms with Crippen molar-refractivity contribution in [1.29, 1.82) is 0 Å². The fourth-order valence-corrected chi connectivity index (χ4v) is 4.06. The predicted octanol–water partition coefficient (Wildman–Crippen LogP) is 4.07. The zero-order chi connectivity index (χ0) is 20.6. The third-order valence-corrected chi connectivity index (χ3v) is 5.56. The van der Waals surface area contributed by atoms with E-state index in [9.17, 15) is 9.18 Å². The number of halogens is 1. The van der Waals surface area contributed by atoms with Crippen LogP contribution >= 0.6 is 11.3 Å². The summed E-state index contributed by atoms with van der Waals surface area (Å²) in [6.07, 6.45) is 4.13. The van der Waals surface area contributed by atoms with E-state index < -0.39 is 0 Å². The summed E-state index contributed by atoms with van der Waals surface area (Å²) < 4.78 is 19.4. The Hall–Kier alpha value is -2.32. The number of piperidine rings is 1. The first kappa shape index (κ1) is 21.4. The number of esters is 1. The molecule has 0 saturated carbocycles. The predicted molar refractivity (Wildman–Crippen MR) is 114 cm³/mol. The van der Waals surface area contributed by atoms with Crippen LogP contribution in [0.15, 0.2) is 28.7 Å². The van der Waals surface area contributed by atoms with Gasteiger partial charge >= 0.3 is 5.97 Å². The number of aromatic nitrogens is 1. The molecule has 0 aliphatic carbocycles. The van der Waals surface area contributed by atoms with Gasteiger partial charge in [-0.3, -0.25) is 15.1 Å². The minimum Gasteiger partial charge on any atom is -0.466 e. The van der Waals surface area contributed by atoms with Crippen molar-refractivity contribution < 1.29 is 13.9 Å². The number of carbonyl (C=O) groups is 1. The molecule has 156 valence electrons. The van der Waals surface area contributed by atoms with E-state index in [0.29, 0.717) is 41.0 Å². The van der Waals surface area contributed by atoms with E-state index in [-0.39, 0.29) is 18.2 Å². The molecule has 3 rings (SSSR count). The molecule has 1 atom stereocenters. The standard InChI is InChI=1S/C21H27FN4O2S/c1-3-28-20(27)10-18-14-29-21(24-18)25-23-11-16-6-7-17(19(22)9-16)13-26-8-4-5-15(2)12-26/h6-7,9,11,14-15H,3-5,8,10,12-13H2,1-2H3,(H,24,25). The largest absolute Gasteiger partial charge is 0.466 e. The molecule has 1 aliphatic rings. The van der Waals surface area contributed by atoms with Crippen LogP contribution in [0.3, 0.4) is 0 Å². The van der Waals surface area contributed by atoms with Crippen LogP contribution in [0, 0.1) is 11.7 Å². The number of nitrogens with zero attached hydrogens (tertiary/aromatic N) is 3. The van der Waals surface area contributed by atoms with Gasteiger partial charge in [0, 0.05) is 24.0 Å². The zero-order valence-corrected chi connectivity index (χ0v) is 17.7. The van der Waals surface area contributed by atoms with Gasteiger partial charge in [0.1, 0.15) is 5.82 Å². The van der Waals surface area contributed by atoms with Crippen molar-refractivity contribution in [3.05, 3.63) is 46.2 Å².